The summed E-state index contributed by atoms with van der Waals surface area (Å²) in [4.78, 5) is 10.1. The van der Waals surface area contributed by atoms with Crippen LogP contribution < -0.4 is 4.18 Å². The maximum absolute atomic E-state index is 10.5. The number of hydrogen-bond acceptors (Lipinski definition) is 4. The SMILES string of the molecule is CSOc1cc(C)ccc1[N+](=O)[O-]. The quantitative estimate of drug-likeness (QED) is 0.426. The summed E-state index contributed by atoms with van der Waals surface area (Å²) >= 11 is 1.09. The molecule has 0 aromatic heterocycles. The largest absolute Gasteiger partial charge is 0.419 e. The second-order valence-corrected chi connectivity index (χ2v) is 2.98. The second-order valence-electron chi connectivity index (χ2n) is 2.48. The van der Waals surface area contributed by atoms with Gasteiger partial charge in [0.05, 0.1) is 17.0 Å². The lowest BCUT2D eigenvalue weighted by Gasteiger charge is -2.02. The molecule has 0 saturated heterocycles. The van der Waals surface area contributed by atoms with Crippen LogP contribution in [0.1, 0.15) is 5.56 Å². The predicted octanol–water partition coefficient (Wildman–Crippen LogP) is 2.56. The first-order valence-corrected chi connectivity index (χ1v) is 4.76. The number of nitrogens with zero attached hydrogens (tertiary/aromatic N) is 1. The topological polar surface area (TPSA) is 52.4 Å². The highest BCUT2D eigenvalue weighted by Crippen LogP contribution is 2.29. The third kappa shape index (κ3) is 2.35. The zero-order valence-electron chi connectivity index (χ0n) is 7.31. The van der Waals surface area contributed by atoms with E-state index in [4.69, 9.17) is 4.18 Å². The molecule has 0 aliphatic heterocycles. The molecule has 70 valence electrons. The molecule has 5 heteroatoms. The van der Waals surface area contributed by atoms with Gasteiger partial charge in [-0.25, -0.2) is 0 Å². The van der Waals surface area contributed by atoms with Gasteiger partial charge in [-0.2, -0.15) is 0 Å². The second kappa shape index (κ2) is 4.13. The number of nitro benzene ring substituents is 1. The first kappa shape index (κ1) is 9.85. The number of aryl methyl sites for hydroxylation is 1. The van der Waals surface area contributed by atoms with Crippen molar-refractivity contribution >= 4 is 17.7 Å². The van der Waals surface area contributed by atoms with E-state index in [0.717, 1.165) is 17.6 Å². The van der Waals surface area contributed by atoms with Crippen molar-refractivity contribution in [2.45, 2.75) is 6.92 Å². The average Bonchev–Trinajstić information content (AvgIpc) is 2.04. The Labute approximate surface area is 80.3 Å². The van der Waals surface area contributed by atoms with Crippen LogP contribution >= 0.6 is 12.0 Å². The molecule has 0 atom stereocenters. The number of benzene rings is 1. The molecule has 0 bridgehead atoms. The van der Waals surface area contributed by atoms with Crippen molar-refractivity contribution in [2.75, 3.05) is 6.26 Å². The fourth-order valence-electron chi connectivity index (χ4n) is 0.929. The first-order chi connectivity index (χ1) is 6.15. The Kier molecular flexibility index (Phi) is 3.13. The molecular formula is C8H9NO3S. The Hall–Kier alpha value is -1.23. The monoisotopic (exact) mass is 199 g/mol. The number of nitro groups is 1. The van der Waals surface area contributed by atoms with Crippen molar-refractivity contribution in [3.63, 3.8) is 0 Å². The minimum Gasteiger partial charge on any atom is -0.419 e. The Morgan fingerprint density at radius 2 is 2.23 bits per heavy atom. The number of rotatable bonds is 3. The van der Waals surface area contributed by atoms with Gasteiger partial charge >= 0.3 is 5.69 Å². The van der Waals surface area contributed by atoms with E-state index in [-0.39, 0.29) is 5.69 Å². The van der Waals surface area contributed by atoms with Gasteiger partial charge in [0.2, 0.25) is 5.75 Å². The lowest BCUT2D eigenvalue weighted by molar-refractivity contribution is -0.385. The minimum atomic E-state index is -0.453. The van der Waals surface area contributed by atoms with Gasteiger partial charge in [-0.05, 0) is 18.6 Å². The molecule has 0 radical (unpaired) electrons. The highest BCUT2D eigenvalue weighted by molar-refractivity contribution is 7.94. The van der Waals surface area contributed by atoms with Crippen LogP contribution in [0.4, 0.5) is 5.69 Å². The zero-order valence-corrected chi connectivity index (χ0v) is 8.13. The molecule has 0 fully saturated rings. The Bertz CT molecular complexity index is 327. The van der Waals surface area contributed by atoms with Crippen molar-refractivity contribution in [1.82, 2.24) is 0 Å². The van der Waals surface area contributed by atoms with Gasteiger partial charge in [0, 0.05) is 12.3 Å². The van der Waals surface area contributed by atoms with Crippen LogP contribution in [0.15, 0.2) is 18.2 Å². The molecule has 4 nitrogen and oxygen atoms in total. The molecular weight excluding hydrogens is 190 g/mol. The van der Waals surface area contributed by atoms with Gasteiger partial charge in [-0.1, -0.05) is 6.07 Å². The van der Waals surface area contributed by atoms with Gasteiger partial charge in [-0.15, -0.1) is 0 Å². The maximum atomic E-state index is 10.5. The molecule has 1 rings (SSSR count). The molecule has 13 heavy (non-hydrogen) atoms. The minimum absolute atomic E-state index is 0.0000463. The molecule has 0 saturated carbocycles. The number of hydrogen-bond donors (Lipinski definition) is 0. The van der Waals surface area contributed by atoms with Crippen LogP contribution in [-0.4, -0.2) is 11.2 Å². The van der Waals surface area contributed by atoms with E-state index in [2.05, 4.69) is 0 Å². The van der Waals surface area contributed by atoms with Gasteiger partial charge in [0.15, 0.2) is 0 Å². The third-order valence-electron chi connectivity index (χ3n) is 1.49. The Balaban J connectivity index is 3.10. The van der Waals surface area contributed by atoms with Crippen molar-refractivity contribution < 1.29 is 9.11 Å². The van der Waals surface area contributed by atoms with Gasteiger partial charge < -0.3 is 4.18 Å². The fourth-order valence-corrected chi connectivity index (χ4v) is 1.24. The smallest absolute Gasteiger partial charge is 0.312 e. The molecule has 1 aromatic rings. The molecule has 0 aliphatic carbocycles. The van der Waals surface area contributed by atoms with Crippen molar-refractivity contribution in [3.8, 4) is 5.75 Å². The summed E-state index contributed by atoms with van der Waals surface area (Å²) in [7, 11) is 0. The van der Waals surface area contributed by atoms with Crippen LogP contribution in [0, 0.1) is 17.0 Å². The summed E-state index contributed by atoms with van der Waals surface area (Å²) in [6, 6.07) is 4.78. The normalized spacial score (nSPS) is 9.69. The summed E-state index contributed by atoms with van der Waals surface area (Å²) in [6.07, 6.45) is 1.71. The van der Waals surface area contributed by atoms with Gasteiger partial charge in [0.1, 0.15) is 0 Å². The standard InChI is InChI=1S/C8H9NO3S/c1-6-3-4-7(9(10)11)8(5-6)12-13-2/h3-5H,1-2H3. The van der Waals surface area contributed by atoms with E-state index in [1.165, 1.54) is 6.07 Å². The fraction of sp³-hybridized carbons (Fsp3) is 0.250. The van der Waals surface area contributed by atoms with Crippen LogP contribution in [-0.2, 0) is 0 Å². The van der Waals surface area contributed by atoms with Crippen LogP contribution in [0.25, 0.3) is 0 Å². The first-order valence-electron chi connectivity index (χ1n) is 3.61. The molecule has 0 N–H and O–H groups in total. The van der Waals surface area contributed by atoms with Crippen LogP contribution in [0.2, 0.25) is 0 Å². The van der Waals surface area contributed by atoms with Gasteiger partial charge in [-0.3, -0.25) is 10.1 Å². The van der Waals surface area contributed by atoms with Crippen LogP contribution in [0.5, 0.6) is 5.75 Å². The third-order valence-corrected chi connectivity index (χ3v) is 1.83. The summed E-state index contributed by atoms with van der Waals surface area (Å²) in [6.45, 7) is 1.86. The maximum Gasteiger partial charge on any atom is 0.312 e. The predicted molar refractivity (Wildman–Crippen MR) is 52.0 cm³/mol. The summed E-state index contributed by atoms with van der Waals surface area (Å²) in [5.41, 5.74) is 0.939. The van der Waals surface area contributed by atoms with E-state index in [9.17, 15) is 10.1 Å². The summed E-state index contributed by atoms with van der Waals surface area (Å²) in [5, 5.41) is 10.5. The van der Waals surface area contributed by atoms with Crippen molar-refractivity contribution in [2.24, 2.45) is 0 Å². The summed E-state index contributed by atoms with van der Waals surface area (Å²) < 4.78 is 5.05. The lowest BCUT2D eigenvalue weighted by Crippen LogP contribution is -1.92. The molecule has 0 heterocycles. The van der Waals surface area contributed by atoms with E-state index in [0.29, 0.717) is 5.75 Å². The van der Waals surface area contributed by atoms with E-state index < -0.39 is 4.92 Å². The molecule has 0 spiro atoms. The summed E-state index contributed by atoms with van der Waals surface area (Å²) in [5.74, 6) is 0.303. The average molecular weight is 199 g/mol. The van der Waals surface area contributed by atoms with E-state index in [1.807, 2.05) is 6.92 Å². The zero-order chi connectivity index (χ0) is 9.84. The molecule has 0 aliphatic rings. The van der Waals surface area contributed by atoms with Crippen molar-refractivity contribution in [1.29, 1.82) is 0 Å². The van der Waals surface area contributed by atoms with Crippen LogP contribution in [0.3, 0.4) is 0 Å². The molecule has 0 unspecified atom stereocenters. The van der Waals surface area contributed by atoms with Gasteiger partial charge in [0.25, 0.3) is 0 Å². The lowest BCUT2D eigenvalue weighted by atomic mass is 10.2. The molecule has 1 aromatic carbocycles. The highest BCUT2D eigenvalue weighted by atomic mass is 32.2. The van der Waals surface area contributed by atoms with E-state index in [1.54, 1.807) is 18.4 Å². The highest BCUT2D eigenvalue weighted by Gasteiger charge is 2.14. The molecule has 0 amide bonds. The van der Waals surface area contributed by atoms with Crippen molar-refractivity contribution in [3.05, 3.63) is 33.9 Å². The van der Waals surface area contributed by atoms with E-state index >= 15 is 0 Å². The Morgan fingerprint density at radius 3 is 2.77 bits per heavy atom. The Morgan fingerprint density at radius 1 is 1.54 bits per heavy atom.